The molecular formula is C16H14N2O3. The fourth-order valence-corrected chi connectivity index (χ4v) is 1.87. The lowest BCUT2D eigenvalue weighted by atomic mass is 10.1. The lowest BCUT2D eigenvalue weighted by Crippen LogP contribution is -2.10. The highest BCUT2D eigenvalue weighted by Crippen LogP contribution is 2.13. The number of hydrogen-bond acceptors (Lipinski definition) is 3. The normalized spacial score (nSPS) is 12.2. The molecule has 0 saturated carbocycles. The first-order chi connectivity index (χ1) is 10.1. The summed E-state index contributed by atoms with van der Waals surface area (Å²) in [4.78, 5) is 10.1. The highest BCUT2D eigenvalue weighted by atomic mass is 16.6. The van der Waals surface area contributed by atoms with Gasteiger partial charge >= 0.3 is 0 Å². The molecule has 0 aromatic heterocycles. The predicted molar refractivity (Wildman–Crippen MR) is 82.2 cm³/mol. The molecule has 2 rings (SSSR count). The van der Waals surface area contributed by atoms with Crippen molar-refractivity contribution in [3.05, 3.63) is 87.1 Å². The molecule has 0 aliphatic carbocycles. The zero-order valence-corrected chi connectivity index (χ0v) is 11.5. The molecule has 0 radical (unpaired) electrons. The molecular weight excluding hydrogens is 268 g/mol. The third-order valence-corrected chi connectivity index (χ3v) is 2.95. The highest BCUT2D eigenvalue weighted by molar-refractivity contribution is 6.07. The number of nitro benzene ring substituents is 1. The first-order valence-electron chi connectivity index (χ1n) is 6.33. The van der Waals surface area contributed by atoms with Gasteiger partial charge in [0.2, 0.25) is 5.71 Å². The number of non-ortho nitro benzene ring substituents is 1. The van der Waals surface area contributed by atoms with Crippen LogP contribution in [-0.4, -0.2) is 22.4 Å². The van der Waals surface area contributed by atoms with Crippen LogP contribution < -0.4 is 0 Å². The Hall–Kier alpha value is -2.95. The minimum Gasteiger partial charge on any atom is -0.624 e. The monoisotopic (exact) mass is 282 g/mol. The van der Waals surface area contributed by atoms with Gasteiger partial charge in [-0.05, 0) is 35.9 Å². The van der Waals surface area contributed by atoms with Crippen molar-refractivity contribution in [3.8, 4) is 0 Å². The molecule has 0 N–H and O–H groups in total. The Morgan fingerprint density at radius 1 is 1.00 bits per heavy atom. The first kappa shape index (κ1) is 14.5. The smallest absolute Gasteiger partial charge is 0.269 e. The van der Waals surface area contributed by atoms with Crippen molar-refractivity contribution in [2.45, 2.75) is 0 Å². The van der Waals surface area contributed by atoms with E-state index in [1.54, 1.807) is 24.3 Å². The fraction of sp³-hybridized carbons (Fsp3) is 0.0625. The minimum absolute atomic E-state index is 0.0420. The average Bonchev–Trinajstić information content (AvgIpc) is 2.48. The summed E-state index contributed by atoms with van der Waals surface area (Å²) in [5, 5.41) is 22.2. The van der Waals surface area contributed by atoms with E-state index < -0.39 is 4.92 Å². The molecule has 0 fully saturated rings. The van der Waals surface area contributed by atoms with E-state index >= 15 is 0 Å². The maximum atomic E-state index is 11.6. The number of allylic oxidation sites excluding steroid dienone is 1. The third-order valence-electron chi connectivity index (χ3n) is 2.95. The van der Waals surface area contributed by atoms with Crippen molar-refractivity contribution in [1.29, 1.82) is 0 Å². The second-order valence-electron chi connectivity index (χ2n) is 4.43. The van der Waals surface area contributed by atoms with Crippen molar-refractivity contribution in [3.63, 3.8) is 0 Å². The van der Waals surface area contributed by atoms with Crippen molar-refractivity contribution in [2.24, 2.45) is 0 Å². The van der Waals surface area contributed by atoms with E-state index in [2.05, 4.69) is 0 Å². The third kappa shape index (κ3) is 3.76. The van der Waals surface area contributed by atoms with Crippen molar-refractivity contribution in [1.82, 2.24) is 0 Å². The van der Waals surface area contributed by atoms with Gasteiger partial charge in [0.25, 0.3) is 5.69 Å². The van der Waals surface area contributed by atoms with Gasteiger partial charge in [-0.15, -0.1) is 0 Å². The molecule has 0 amide bonds. The molecule has 0 aliphatic heterocycles. The van der Waals surface area contributed by atoms with E-state index in [0.29, 0.717) is 5.71 Å². The summed E-state index contributed by atoms with van der Waals surface area (Å²) in [6, 6.07) is 15.5. The number of benzene rings is 2. The molecule has 0 unspecified atom stereocenters. The predicted octanol–water partition coefficient (Wildman–Crippen LogP) is 3.24. The summed E-state index contributed by atoms with van der Waals surface area (Å²) in [6.45, 7) is 0. The van der Waals surface area contributed by atoms with Crippen LogP contribution in [0.1, 0.15) is 11.1 Å². The molecule has 106 valence electrons. The van der Waals surface area contributed by atoms with Gasteiger partial charge in [-0.3, -0.25) is 10.1 Å². The molecule has 0 atom stereocenters. The summed E-state index contributed by atoms with van der Waals surface area (Å²) in [6.07, 6.45) is 3.45. The standard InChI is InChI=1S/C16H14N2O3/c1-17(19)16(14-5-3-2-4-6-14)12-9-13-7-10-15(11-8-13)18(20)21/h2-12H,1H3/b12-9+,17-16+. The maximum Gasteiger partial charge on any atom is 0.269 e. The zero-order valence-electron chi connectivity index (χ0n) is 11.5. The summed E-state index contributed by atoms with van der Waals surface area (Å²) >= 11 is 0. The molecule has 0 aliphatic rings. The van der Waals surface area contributed by atoms with Gasteiger partial charge in [0, 0.05) is 23.8 Å². The topological polar surface area (TPSA) is 69.2 Å². The van der Waals surface area contributed by atoms with Crippen LogP contribution in [-0.2, 0) is 0 Å². The molecule has 0 saturated heterocycles. The van der Waals surface area contributed by atoms with Gasteiger partial charge in [0.15, 0.2) is 0 Å². The Balaban J connectivity index is 2.26. The largest absolute Gasteiger partial charge is 0.624 e. The van der Waals surface area contributed by atoms with Gasteiger partial charge in [-0.2, -0.15) is 0 Å². The molecule has 2 aromatic rings. The molecule has 0 bridgehead atoms. The number of rotatable bonds is 4. The Kier molecular flexibility index (Phi) is 4.46. The van der Waals surface area contributed by atoms with Crippen molar-refractivity contribution in [2.75, 3.05) is 7.05 Å². The van der Waals surface area contributed by atoms with Crippen LogP contribution in [0, 0.1) is 15.3 Å². The minimum atomic E-state index is -0.444. The lowest BCUT2D eigenvalue weighted by Gasteiger charge is -2.03. The highest BCUT2D eigenvalue weighted by Gasteiger charge is 2.07. The SMILES string of the molecule is C/[N+]([O-])=C(/C=C/c1ccc([N+](=O)[O-])cc1)c1ccccc1. The summed E-state index contributed by atoms with van der Waals surface area (Å²) in [5.74, 6) is 0. The lowest BCUT2D eigenvalue weighted by molar-refractivity contribution is -0.421. The molecule has 5 heteroatoms. The molecule has 2 aromatic carbocycles. The number of nitro groups is 1. The van der Waals surface area contributed by atoms with Gasteiger partial charge in [-0.1, -0.05) is 18.2 Å². The van der Waals surface area contributed by atoms with E-state index in [-0.39, 0.29) is 5.69 Å². The van der Waals surface area contributed by atoms with E-state index in [9.17, 15) is 15.3 Å². The summed E-state index contributed by atoms with van der Waals surface area (Å²) < 4.78 is 0.789. The number of hydrogen-bond donors (Lipinski definition) is 0. The van der Waals surface area contributed by atoms with E-state index in [0.717, 1.165) is 15.9 Å². The maximum absolute atomic E-state index is 11.6. The van der Waals surface area contributed by atoms with Gasteiger partial charge in [0.05, 0.1) is 4.92 Å². The summed E-state index contributed by atoms with van der Waals surface area (Å²) in [5.41, 5.74) is 2.17. The van der Waals surface area contributed by atoms with Crippen molar-refractivity contribution < 1.29 is 9.66 Å². The van der Waals surface area contributed by atoms with Crippen molar-refractivity contribution >= 4 is 17.5 Å². The molecule has 0 spiro atoms. The second-order valence-corrected chi connectivity index (χ2v) is 4.43. The van der Waals surface area contributed by atoms with Gasteiger partial charge < -0.3 is 5.21 Å². The van der Waals surface area contributed by atoms with Crippen LogP contribution in [0.3, 0.4) is 0 Å². The zero-order chi connectivity index (χ0) is 15.2. The van der Waals surface area contributed by atoms with Crippen LogP contribution in [0.15, 0.2) is 60.7 Å². The number of nitrogens with zero attached hydrogens (tertiary/aromatic N) is 2. The molecule has 5 nitrogen and oxygen atoms in total. The number of hydroxylamine groups is 1. The van der Waals surface area contributed by atoms with Crippen LogP contribution in [0.25, 0.3) is 6.08 Å². The Morgan fingerprint density at radius 3 is 2.14 bits per heavy atom. The fourth-order valence-electron chi connectivity index (χ4n) is 1.87. The Bertz CT molecular complexity index is 685. The first-order valence-corrected chi connectivity index (χ1v) is 6.33. The molecule has 0 heterocycles. The van der Waals surface area contributed by atoms with Gasteiger partial charge in [-0.25, -0.2) is 4.74 Å². The second kappa shape index (κ2) is 6.47. The van der Waals surface area contributed by atoms with Crippen LogP contribution in [0.4, 0.5) is 5.69 Å². The van der Waals surface area contributed by atoms with Crippen LogP contribution in [0.5, 0.6) is 0 Å². The summed E-state index contributed by atoms with van der Waals surface area (Å²) in [7, 11) is 1.43. The molecule has 21 heavy (non-hydrogen) atoms. The van der Waals surface area contributed by atoms with Crippen LogP contribution >= 0.6 is 0 Å². The van der Waals surface area contributed by atoms with Gasteiger partial charge in [0.1, 0.15) is 7.05 Å². The Labute approximate surface area is 122 Å². The van der Waals surface area contributed by atoms with E-state index in [1.165, 1.54) is 19.2 Å². The average molecular weight is 282 g/mol. The Morgan fingerprint density at radius 2 is 1.62 bits per heavy atom. The van der Waals surface area contributed by atoms with E-state index in [4.69, 9.17) is 0 Å². The quantitative estimate of drug-likeness (QED) is 0.284. The van der Waals surface area contributed by atoms with E-state index in [1.807, 2.05) is 30.3 Å². The van der Waals surface area contributed by atoms with Crippen LogP contribution in [0.2, 0.25) is 0 Å².